The molecule has 0 bridgehead atoms. The minimum Gasteiger partial charge on any atom is -0.497 e. The van der Waals surface area contributed by atoms with Crippen LogP contribution in [0.2, 0.25) is 5.02 Å². The second-order valence-corrected chi connectivity index (χ2v) is 8.64. The topological polar surface area (TPSA) is 57.0 Å². The number of ether oxygens (including phenoxy) is 1. The molecule has 31 heavy (non-hydrogen) atoms. The number of nitrogens with zero attached hydrogens (tertiary/aromatic N) is 3. The quantitative estimate of drug-likeness (QED) is 0.335. The highest BCUT2D eigenvalue weighted by Crippen LogP contribution is 2.44. The van der Waals surface area contributed by atoms with Gasteiger partial charge in [-0.05, 0) is 30.3 Å². The van der Waals surface area contributed by atoms with Crippen molar-refractivity contribution >= 4 is 38.9 Å². The van der Waals surface area contributed by atoms with E-state index < -0.39 is 0 Å². The maximum Gasteiger partial charge on any atom is 0.212 e. The molecule has 1 aliphatic carbocycles. The molecular formula is C24H14ClN3O2S. The summed E-state index contributed by atoms with van der Waals surface area (Å²) in [6.45, 7) is 0. The monoisotopic (exact) mass is 443 g/mol. The van der Waals surface area contributed by atoms with Gasteiger partial charge in [0.25, 0.3) is 0 Å². The number of aromatic nitrogens is 3. The number of methoxy groups -OCH3 is 1. The lowest BCUT2D eigenvalue weighted by molar-refractivity contribution is 0.104. The summed E-state index contributed by atoms with van der Waals surface area (Å²) in [4.78, 5) is 18.1. The molecule has 5 aromatic rings. The molecule has 0 spiro atoms. The zero-order valence-corrected chi connectivity index (χ0v) is 17.9. The predicted molar refractivity (Wildman–Crippen MR) is 123 cm³/mol. The van der Waals surface area contributed by atoms with Gasteiger partial charge in [0.15, 0.2) is 5.78 Å². The van der Waals surface area contributed by atoms with Crippen molar-refractivity contribution in [3.63, 3.8) is 0 Å². The molecule has 0 radical (unpaired) electrons. The Morgan fingerprint density at radius 2 is 1.84 bits per heavy atom. The Balaban J connectivity index is 1.65. The number of hydrogen-bond acceptors (Lipinski definition) is 5. The Morgan fingerprint density at radius 1 is 1.00 bits per heavy atom. The molecule has 0 unspecified atom stereocenters. The van der Waals surface area contributed by atoms with E-state index >= 15 is 0 Å². The van der Waals surface area contributed by atoms with Crippen LogP contribution in [-0.4, -0.2) is 27.7 Å². The van der Waals surface area contributed by atoms with E-state index in [1.54, 1.807) is 11.8 Å². The zero-order chi connectivity index (χ0) is 21.1. The lowest BCUT2D eigenvalue weighted by atomic mass is 10.0. The van der Waals surface area contributed by atoms with Crippen molar-refractivity contribution in [2.75, 3.05) is 7.11 Å². The summed E-state index contributed by atoms with van der Waals surface area (Å²) in [6.07, 6.45) is 0. The maximum absolute atomic E-state index is 13.4. The first-order chi connectivity index (χ1) is 15.1. The third-order valence-corrected chi connectivity index (χ3v) is 6.63. The summed E-state index contributed by atoms with van der Waals surface area (Å²) in [6, 6.07) is 20.8. The number of rotatable bonds is 3. The van der Waals surface area contributed by atoms with Gasteiger partial charge in [-0.2, -0.15) is 5.10 Å². The molecule has 6 rings (SSSR count). The molecule has 1 aliphatic rings. The summed E-state index contributed by atoms with van der Waals surface area (Å²) >= 11 is 7.66. The molecule has 0 atom stereocenters. The van der Waals surface area contributed by atoms with Gasteiger partial charge in [-0.25, -0.2) is 9.67 Å². The van der Waals surface area contributed by atoms with Gasteiger partial charge in [-0.1, -0.05) is 59.3 Å². The highest BCUT2D eigenvalue weighted by molar-refractivity contribution is 7.20. The van der Waals surface area contributed by atoms with Crippen LogP contribution in [0, 0.1) is 0 Å². The standard InChI is InChI=1S/C24H14ClN3O2S/c1-30-15-6-4-5-13(11-15)21-20-22(16-7-2-3-8-17(16)23(20)29)28(27-21)24-26-18-10-9-14(25)12-19(18)31-24/h2-12H,1H3. The van der Waals surface area contributed by atoms with Crippen molar-refractivity contribution < 1.29 is 9.53 Å². The van der Waals surface area contributed by atoms with Crippen LogP contribution >= 0.6 is 22.9 Å². The third kappa shape index (κ3) is 2.72. The highest BCUT2D eigenvalue weighted by Gasteiger charge is 2.36. The molecule has 3 aromatic carbocycles. The number of benzene rings is 3. The lowest BCUT2D eigenvalue weighted by Crippen LogP contribution is -2.00. The maximum atomic E-state index is 13.4. The molecule has 7 heteroatoms. The molecule has 0 aliphatic heterocycles. The fraction of sp³-hybridized carbons (Fsp3) is 0.0417. The predicted octanol–water partition coefficient (Wildman–Crippen LogP) is 6.02. The van der Waals surface area contributed by atoms with Crippen molar-refractivity contribution in [1.29, 1.82) is 0 Å². The van der Waals surface area contributed by atoms with E-state index in [1.165, 1.54) is 11.3 Å². The van der Waals surface area contributed by atoms with Crippen LogP contribution in [0.15, 0.2) is 66.7 Å². The van der Waals surface area contributed by atoms with E-state index in [4.69, 9.17) is 26.4 Å². The lowest BCUT2D eigenvalue weighted by Gasteiger charge is -2.04. The second-order valence-electron chi connectivity index (χ2n) is 7.20. The molecule has 2 aromatic heterocycles. The fourth-order valence-electron chi connectivity index (χ4n) is 3.99. The van der Waals surface area contributed by atoms with Gasteiger partial charge in [-0.3, -0.25) is 4.79 Å². The minimum absolute atomic E-state index is 0.0289. The van der Waals surface area contributed by atoms with Crippen LogP contribution < -0.4 is 4.74 Å². The summed E-state index contributed by atoms with van der Waals surface area (Å²) in [5.74, 6) is 0.678. The number of hydrogen-bond donors (Lipinski definition) is 0. The van der Waals surface area contributed by atoms with Gasteiger partial charge >= 0.3 is 0 Å². The average molecular weight is 444 g/mol. The minimum atomic E-state index is -0.0289. The van der Waals surface area contributed by atoms with Crippen molar-refractivity contribution in [1.82, 2.24) is 14.8 Å². The molecule has 5 nitrogen and oxygen atoms in total. The Hall–Kier alpha value is -3.48. The third-order valence-electron chi connectivity index (χ3n) is 5.40. The van der Waals surface area contributed by atoms with E-state index in [1.807, 2.05) is 66.7 Å². The van der Waals surface area contributed by atoms with Gasteiger partial charge in [-0.15, -0.1) is 0 Å². The highest BCUT2D eigenvalue weighted by atomic mass is 35.5. The van der Waals surface area contributed by atoms with Crippen LogP contribution in [0.4, 0.5) is 0 Å². The molecular weight excluding hydrogens is 430 g/mol. The normalized spacial score (nSPS) is 12.3. The van der Waals surface area contributed by atoms with E-state index in [-0.39, 0.29) is 5.78 Å². The van der Waals surface area contributed by atoms with Crippen LogP contribution in [-0.2, 0) is 0 Å². The molecule has 0 amide bonds. The van der Waals surface area contributed by atoms with E-state index in [0.29, 0.717) is 32.7 Å². The number of fused-ring (bicyclic) bond motifs is 4. The first kappa shape index (κ1) is 18.3. The van der Waals surface area contributed by atoms with Gasteiger partial charge in [0.05, 0.1) is 28.6 Å². The van der Waals surface area contributed by atoms with Crippen molar-refractivity contribution in [2.24, 2.45) is 0 Å². The van der Waals surface area contributed by atoms with Crippen molar-refractivity contribution in [3.05, 3.63) is 82.9 Å². The van der Waals surface area contributed by atoms with Crippen LogP contribution in [0.5, 0.6) is 5.75 Å². The Kier molecular flexibility index (Phi) is 4.00. The summed E-state index contributed by atoms with van der Waals surface area (Å²) in [7, 11) is 1.62. The molecule has 2 heterocycles. The van der Waals surface area contributed by atoms with Crippen LogP contribution in [0.25, 0.3) is 37.9 Å². The number of carbonyl (C=O) groups excluding carboxylic acids is 1. The number of ketones is 1. The first-order valence-electron chi connectivity index (χ1n) is 9.62. The van der Waals surface area contributed by atoms with Crippen LogP contribution in [0.3, 0.4) is 0 Å². The smallest absolute Gasteiger partial charge is 0.212 e. The second kappa shape index (κ2) is 6.77. The fourth-order valence-corrected chi connectivity index (χ4v) is 5.19. The number of halogens is 1. The van der Waals surface area contributed by atoms with Gasteiger partial charge in [0, 0.05) is 21.7 Å². The first-order valence-corrected chi connectivity index (χ1v) is 10.8. The number of thiazole rings is 1. The van der Waals surface area contributed by atoms with E-state index in [2.05, 4.69) is 0 Å². The van der Waals surface area contributed by atoms with Crippen LogP contribution in [0.1, 0.15) is 15.9 Å². The zero-order valence-electron chi connectivity index (χ0n) is 16.3. The van der Waals surface area contributed by atoms with Crippen molar-refractivity contribution in [2.45, 2.75) is 0 Å². The molecule has 0 saturated carbocycles. The van der Waals surface area contributed by atoms with Crippen molar-refractivity contribution in [3.8, 4) is 33.4 Å². The molecule has 0 N–H and O–H groups in total. The molecule has 0 fully saturated rings. The van der Waals surface area contributed by atoms with Gasteiger partial charge in [0.2, 0.25) is 5.13 Å². The number of carbonyl (C=O) groups is 1. The molecule has 150 valence electrons. The molecule has 0 saturated heterocycles. The summed E-state index contributed by atoms with van der Waals surface area (Å²) in [5, 5.41) is 6.22. The Morgan fingerprint density at radius 3 is 2.68 bits per heavy atom. The SMILES string of the molecule is COc1cccc(-c2nn(-c3nc4ccc(Cl)cc4s3)c3c2C(=O)c2ccccc2-3)c1. The average Bonchev–Trinajstić information content (AvgIpc) is 3.46. The Bertz CT molecular complexity index is 1520. The largest absolute Gasteiger partial charge is 0.497 e. The van der Waals surface area contributed by atoms with Gasteiger partial charge in [0.1, 0.15) is 11.4 Å². The van der Waals surface area contributed by atoms with E-state index in [0.717, 1.165) is 27.0 Å². The summed E-state index contributed by atoms with van der Waals surface area (Å²) < 4.78 is 8.13. The van der Waals surface area contributed by atoms with Gasteiger partial charge < -0.3 is 4.74 Å². The Labute approximate surface area is 186 Å². The van der Waals surface area contributed by atoms with E-state index in [9.17, 15) is 4.79 Å². The summed E-state index contributed by atoms with van der Waals surface area (Å²) in [5.41, 5.74) is 5.18.